The molecule has 1 saturated heterocycles. The van der Waals surface area contributed by atoms with Gasteiger partial charge in [0.1, 0.15) is 12.1 Å². The van der Waals surface area contributed by atoms with Crippen molar-refractivity contribution in [2.75, 3.05) is 20.3 Å². The van der Waals surface area contributed by atoms with E-state index >= 15 is 0 Å². The number of hydrogen-bond donors (Lipinski definition) is 3. The Kier molecular flexibility index (Phi) is 9.82. The molecule has 2 rings (SSSR count). The number of nitrogens with one attached hydrogen (secondary N) is 3. The van der Waals surface area contributed by atoms with E-state index in [4.69, 9.17) is 4.74 Å². The van der Waals surface area contributed by atoms with Crippen LogP contribution in [0.15, 0.2) is 30.3 Å². The number of carboxylic acid groups (broad SMARTS) is 1. The van der Waals surface area contributed by atoms with Crippen LogP contribution in [0.1, 0.15) is 12.0 Å². The Bertz CT molecular complexity index is 614. The molecule has 1 aromatic rings. The van der Waals surface area contributed by atoms with Crippen molar-refractivity contribution in [3.8, 4) is 0 Å². The Hall–Kier alpha value is -1.45. The molecule has 0 saturated carbocycles. The second kappa shape index (κ2) is 11.3. The van der Waals surface area contributed by atoms with Crippen molar-refractivity contribution in [2.45, 2.75) is 31.0 Å². The van der Waals surface area contributed by atoms with E-state index in [0.29, 0.717) is 26.0 Å². The first kappa shape index (κ1) is 22.6. The van der Waals surface area contributed by atoms with Gasteiger partial charge in [-0.1, -0.05) is 30.3 Å². The summed E-state index contributed by atoms with van der Waals surface area (Å²) < 4.78 is 4.93. The summed E-state index contributed by atoms with van der Waals surface area (Å²) in [5.74, 6) is -2.18. The van der Waals surface area contributed by atoms with Crippen LogP contribution in [-0.2, 0) is 25.5 Å². The van der Waals surface area contributed by atoms with Gasteiger partial charge in [-0.2, -0.15) is 0 Å². The van der Waals surface area contributed by atoms with Gasteiger partial charge in [-0.3, -0.25) is 14.9 Å². The summed E-state index contributed by atoms with van der Waals surface area (Å²) in [4.78, 5) is 35.3. The van der Waals surface area contributed by atoms with E-state index in [1.807, 2.05) is 30.3 Å². The molecule has 26 heavy (non-hydrogen) atoms. The molecule has 9 heteroatoms. The van der Waals surface area contributed by atoms with E-state index in [9.17, 15) is 19.5 Å². The molecule has 3 N–H and O–H groups in total. The summed E-state index contributed by atoms with van der Waals surface area (Å²) in [6.45, 7) is 0.951. The van der Waals surface area contributed by atoms with Gasteiger partial charge in [0.25, 0.3) is 0 Å². The fourth-order valence-electron chi connectivity index (χ4n) is 2.44. The standard InChI is InChI=1S/C17H23N3O5.Na/c1-25-9-5-8-18-15(21)12(10-11-6-3-2-4-7-11)19-16(22)13-14(20-13)17(23)24;/h2-4,6-7,12-14,20H,5,8-10H2,1H3,(H,18,21)(H,19,22)(H,23,24);/q;+1/p-1/t12-,13-,14-;/m0./s1. The molecule has 0 radical (unpaired) electrons. The van der Waals surface area contributed by atoms with Crippen molar-refractivity contribution in [2.24, 2.45) is 0 Å². The third kappa shape index (κ3) is 7.05. The van der Waals surface area contributed by atoms with Crippen LogP contribution in [-0.4, -0.2) is 56.2 Å². The zero-order valence-electron chi connectivity index (χ0n) is 15.0. The molecule has 1 aromatic carbocycles. The van der Waals surface area contributed by atoms with E-state index in [2.05, 4.69) is 16.0 Å². The van der Waals surface area contributed by atoms with Crippen LogP contribution in [0.25, 0.3) is 0 Å². The first-order valence-electron chi connectivity index (χ1n) is 8.10. The monoisotopic (exact) mass is 371 g/mol. The van der Waals surface area contributed by atoms with Crippen LogP contribution in [0, 0.1) is 0 Å². The van der Waals surface area contributed by atoms with Gasteiger partial charge in [0, 0.05) is 26.7 Å². The Morgan fingerprint density at radius 3 is 2.50 bits per heavy atom. The Morgan fingerprint density at radius 2 is 1.92 bits per heavy atom. The maximum absolute atomic E-state index is 12.4. The maximum atomic E-state index is 12.4. The number of carbonyl (C=O) groups is 3. The largest absolute Gasteiger partial charge is 1.00 e. The van der Waals surface area contributed by atoms with Crippen LogP contribution in [0.4, 0.5) is 0 Å². The second-order valence-electron chi connectivity index (χ2n) is 5.83. The van der Waals surface area contributed by atoms with Crippen molar-refractivity contribution in [1.29, 1.82) is 0 Å². The van der Waals surface area contributed by atoms with Gasteiger partial charge in [0.2, 0.25) is 11.8 Å². The minimum Gasteiger partial charge on any atom is -0.548 e. The molecule has 1 fully saturated rings. The van der Waals surface area contributed by atoms with Crippen molar-refractivity contribution in [3.63, 3.8) is 0 Å². The molecule has 2 amide bonds. The smallest absolute Gasteiger partial charge is 0.548 e. The van der Waals surface area contributed by atoms with Crippen LogP contribution in [0.2, 0.25) is 0 Å². The summed E-state index contributed by atoms with van der Waals surface area (Å²) in [5, 5.41) is 18.6. The molecule has 1 aliphatic heterocycles. The van der Waals surface area contributed by atoms with Crippen molar-refractivity contribution in [3.05, 3.63) is 35.9 Å². The number of carbonyl (C=O) groups excluding carboxylic acids is 3. The van der Waals surface area contributed by atoms with Gasteiger partial charge < -0.3 is 25.3 Å². The molecular formula is C17H22N3NaO5. The minimum absolute atomic E-state index is 0. The number of benzene rings is 1. The summed E-state index contributed by atoms with van der Waals surface area (Å²) in [6, 6.07) is 6.63. The minimum atomic E-state index is -1.33. The second-order valence-corrected chi connectivity index (χ2v) is 5.83. The molecule has 3 atom stereocenters. The Morgan fingerprint density at radius 1 is 1.23 bits per heavy atom. The van der Waals surface area contributed by atoms with Gasteiger partial charge in [0.05, 0.1) is 12.0 Å². The van der Waals surface area contributed by atoms with Crippen LogP contribution >= 0.6 is 0 Å². The van der Waals surface area contributed by atoms with E-state index < -0.39 is 30.0 Å². The number of aliphatic carboxylic acids is 1. The average molecular weight is 371 g/mol. The molecule has 136 valence electrons. The fraction of sp³-hybridized carbons (Fsp3) is 0.471. The Balaban J connectivity index is 0.00000338. The summed E-state index contributed by atoms with van der Waals surface area (Å²) in [7, 11) is 1.58. The molecule has 0 aromatic heterocycles. The predicted molar refractivity (Wildman–Crippen MR) is 87.3 cm³/mol. The summed E-state index contributed by atoms with van der Waals surface area (Å²) in [5.41, 5.74) is 0.889. The average Bonchev–Trinajstić information content (AvgIpc) is 3.40. The van der Waals surface area contributed by atoms with Crippen LogP contribution < -0.4 is 50.6 Å². The van der Waals surface area contributed by atoms with Crippen LogP contribution in [0.3, 0.4) is 0 Å². The van der Waals surface area contributed by atoms with Gasteiger partial charge in [-0.05, 0) is 12.0 Å². The van der Waals surface area contributed by atoms with Crippen molar-refractivity contribution in [1.82, 2.24) is 16.0 Å². The Labute approximate surface area is 174 Å². The topological polar surface area (TPSA) is 130 Å². The van der Waals surface area contributed by atoms with E-state index in [1.54, 1.807) is 7.11 Å². The number of carboxylic acids is 1. The van der Waals surface area contributed by atoms with E-state index in [1.165, 1.54) is 0 Å². The van der Waals surface area contributed by atoms with Gasteiger partial charge in [0.15, 0.2) is 0 Å². The van der Waals surface area contributed by atoms with Gasteiger partial charge in [-0.25, -0.2) is 0 Å². The number of methoxy groups -OCH3 is 1. The molecule has 0 bridgehead atoms. The van der Waals surface area contributed by atoms with Gasteiger partial charge >= 0.3 is 29.6 Å². The van der Waals surface area contributed by atoms with Crippen molar-refractivity contribution < 1.29 is 53.8 Å². The van der Waals surface area contributed by atoms with Crippen LogP contribution in [0.5, 0.6) is 0 Å². The third-order valence-corrected chi connectivity index (χ3v) is 3.86. The quantitative estimate of drug-likeness (QED) is 0.214. The van der Waals surface area contributed by atoms with E-state index in [-0.39, 0.29) is 35.5 Å². The molecular weight excluding hydrogens is 349 g/mol. The molecule has 8 nitrogen and oxygen atoms in total. The zero-order valence-corrected chi connectivity index (χ0v) is 17.0. The first-order chi connectivity index (χ1) is 12.0. The summed E-state index contributed by atoms with van der Waals surface area (Å²) >= 11 is 0. The molecule has 0 spiro atoms. The molecule has 1 aliphatic rings. The van der Waals surface area contributed by atoms with E-state index in [0.717, 1.165) is 5.56 Å². The predicted octanol–water partition coefficient (Wildman–Crippen LogP) is -5.04. The van der Waals surface area contributed by atoms with Crippen molar-refractivity contribution >= 4 is 17.8 Å². The van der Waals surface area contributed by atoms with Gasteiger partial charge in [-0.15, -0.1) is 0 Å². The maximum Gasteiger partial charge on any atom is 1.00 e. The number of amides is 2. The molecule has 1 heterocycles. The fourth-order valence-corrected chi connectivity index (χ4v) is 2.44. The zero-order chi connectivity index (χ0) is 18.2. The number of hydrogen-bond acceptors (Lipinski definition) is 6. The number of rotatable bonds is 10. The SMILES string of the molecule is COCCCNC(=O)[C@H](Cc1ccccc1)NC(=O)[C@H]1N[C@@H]1C(=O)[O-].[Na+]. The molecule has 0 aliphatic carbocycles. The first-order valence-corrected chi connectivity index (χ1v) is 8.10. The summed E-state index contributed by atoms with van der Waals surface area (Å²) in [6.07, 6.45) is 0.969. The molecule has 0 unspecified atom stereocenters. The third-order valence-electron chi connectivity index (χ3n) is 3.86. The number of ether oxygens (including phenoxy) is 1. The normalized spacial score (nSPS) is 19.0.